The number of hydrogen-bond acceptors (Lipinski definition) is 1. The zero-order valence-electron chi connectivity index (χ0n) is 15.6. The van der Waals surface area contributed by atoms with Crippen molar-refractivity contribution in [3.05, 3.63) is 53.1 Å². The fourth-order valence-electron chi connectivity index (χ4n) is 4.48. The van der Waals surface area contributed by atoms with Gasteiger partial charge in [0.25, 0.3) is 0 Å². The van der Waals surface area contributed by atoms with Crippen molar-refractivity contribution in [3.63, 3.8) is 0 Å². The van der Waals surface area contributed by atoms with Gasteiger partial charge < -0.3 is 0 Å². The number of benzene rings is 2. The quantitative estimate of drug-likeness (QED) is 0.372. The molecule has 0 radical (unpaired) electrons. The van der Waals surface area contributed by atoms with Gasteiger partial charge in [0.15, 0.2) is 5.82 Å². The van der Waals surface area contributed by atoms with Crippen LogP contribution in [0, 0.1) is 23.5 Å². The van der Waals surface area contributed by atoms with E-state index >= 15 is 4.39 Å². The lowest BCUT2D eigenvalue weighted by Gasteiger charge is -2.22. The molecule has 0 bridgehead atoms. The minimum Gasteiger partial charge on any atom is -0.205 e. The van der Waals surface area contributed by atoms with Crippen molar-refractivity contribution in [1.82, 2.24) is 0 Å². The van der Waals surface area contributed by atoms with Gasteiger partial charge in [-0.3, -0.25) is 0 Å². The van der Waals surface area contributed by atoms with Crippen LogP contribution in [0.2, 0.25) is 0 Å². The molecular formula is C23H19F5S. The molecule has 6 heteroatoms. The third-order valence-electron chi connectivity index (χ3n) is 6.22. The molecule has 5 rings (SSSR count). The molecule has 29 heavy (non-hydrogen) atoms. The molecule has 2 aromatic carbocycles. The fraction of sp³-hybridized carbons (Fsp3) is 0.391. The van der Waals surface area contributed by atoms with E-state index in [1.54, 1.807) is 12.1 Å². The largest absolute Gasteiger partial charge is 0.419 e. The van der Waals surface area contributed by atoms with Crippen molar-refractivity contribution in [2.75, 3.05) is 0 Å². The van der Waals surface area contributed by atoms with Gasteiger partial charge in [-0.25, -0.2) is 8.78 Å². The molecule has 1 saturated carbocycles. The molecule has 1 unspecified atom stereocenters. The summed E-state index contributed by atoms with van der Waals surface area (Å²) in [7, 11) is 0. The maximum absolute atomic E-state index is 15.3. The first-order valence-corrected chi connectivity index (χ1v) is 10.7. The van der Waals surface area contributed by atoms with Gasteiger partial charge in [0.1, 0.15) is 5.82 Å². The Morgan fingerprint density at radius 3 is 2.17 bits per heavy atom. The average molecular weight is 422 g/mol. The van der Waals surface area contributed by atoms with Gasteiger partial charge in [-0.15, -0.1) is 11.3 Å². The Balaban J connectivity index is 1.55. The van der Waals surface area contributed by atoms with Crippen LogP contribution in [0.5, 0.6) is 0 Å². The van der Waals surface area contributed by atoms with Crippen LogP contribution in [0.1, 0.15) is 49.7 Å². The first-order chi connectivity index (χ1) is 13.8. The summed E-state index contributed by atoms with van der Waals surface area (Å²) < 4.78 is 68.9. The topological polar surface area (TPSA) is 0 Å². The van der Waals surface area contributed by atoms with Crippen molar-refractivity contribution in [1.29, 1.82) is 0 Å². The number of allylic oxidation sites excluding steroid dienone is 2. The molecule has 1 fully saturated rings. The summed E-state index contributed by atoms with van der Waals surface area (Å²) in [5.41, 5.74) is 0.129. The van der Waals surface area contributed by atoms with Crippen molar-refractivity contribution in [2.45, 2.75) is 44.7 Å². The summed E-state index contributed by atoms with van der Waals surface area (Å²) in [6.45, 7) is 0. The SMILES string of the molecule is Fc1c(C2=CCC(CC3CC3)CC2)ccc2c1sc1c(F)c(C(F)(F)F)ccc12. The molecule has 0 nitrogen and oxygen atoms in total. The van der Waals surface area contributed by atoms with Crippen LogP contribution in [0.25, 0.3) is 25.7 Å². The molecule has 152 valence electrons. The molecule has 1 aromatic heterocycles. The number of alkyl halides is 3. The molecule has 2 aliphatic rings. The normalized spacial score (nSPS) is 20.4. The van der Waals surface area contributed by atoms with Crippen LogP contribution in [0.3, 0.4) is 0 Å². The fourth-order valence-corrected chi connectivity index (χ4v) is 5.66. The van der Waals surface area contributed by atoms with Crippen LogP contribution in [0.15, 0.2) is 30.3 Å². The summed E-state index contributed by atoms with van der Waals surface area (Å²) in [5, 5.41) is 0.782. The standard InChI is InChI=1S/C23H19F5S/c24-19-15(14-5-3-13(4-6-14)11-12-1-2-12)7-8-16-17-9-10-18(23(26,27)28)20(25)22(17)29-21(16)19/h5,7-10,12-13H,1-4,6,11H2. The minimum absolute atomic E-state index is 0.145. The maximum Gasteiger partial charge on any atom is 0.419 e. The molecule has 0 amide bonds. The Morgan fingerprint density at radius 2 is 1.55 bits per heavy atom. The van der Waals surface area contributed by atoms with E-state index in [0.717, 1.165) is 48.2 Å². The molecular weight excluding hydrogens is 403 g/mol. The number of halogens is 5. The second-order valence-electron chi connectivity index (χ2n) is 8.26. The zero-order valence-corrected chi connectivity index (χ0v) is 16.4. The maximum atomic E-state index is 15.3. The van der Waals surface area contributed by atoms with Gasteiger partial charge in [0.2, 0.25) is 0 Å². The summed E-state index contributed by atoms with van der Waals surface area (Å²) in [6.07, 6.45) is 4.03. The summed E-state index contributed by atoms with van der Waals surface area (Å²) in [4.78, 5) is 0. The molecule has 0 saturated heterocycles. The number of thiophene rings is 1. The Labute approximate surface area is 169 Å². The molecule has 0 N–H and O–H groups in total. The lowest BCUT2D eigenvalue weighted by molar-refractivity contribution is -0.139. The predicted molar refractivity (Wildman–Crippen MR) is 107 cm³/mol. The van der Waals surface area contributed by atoms with Gasteiger partial charge in [0, 0.05) is 16.3 Å². The van der Waals surface area contributed by atoms with Gasteiger partial charge in [-0.05, 0) is 49.2 Å². The van der Waals surface area contributed by atoms with Gasteiger partial charge in [-0.1, -0.05) is 37.1 Å². The monoisotopic (exact) mass is 422 g/mol. The van der Waals surface area contributed by atoms with E-state index < -0.39 is 23.4 Å². The van der Waals surface area contributed by atoms with E-state index in [0.29, 0.717) is 22.3 Å². The van der Waals surface area contributed by atoms with E-state index in [9.17, 15) is 17.6 Å². The first kappa shape index (κ1) is 19.0. The number of hydrogen-bond donors (Lipinski definition) is 0. The Bertz CT molecular complexity index is 1130. The highest BCUT2D eigenvalue weighted by molar-refractivity contribution is 7.25. The predicted octanol–water partition coefficient (Wildman–Crippen LogP) is 8.34. The molecule has 1 heterocycles. The van der Waals surface area contributed by atoms with E-state index in [-0.39, 0.29) is 9.40 Å². The van der Waals surface area contributed by atoms with E-state index in [2.05, 4.69) is 6.08 Å². The van der Waals surface area contributed by atoms with Crippen LogP contribution in [-0.4, -0.2) is 0 Å². The van der Waals surface area contributed by atoms with E-state index in [1.165, 1.54) is 25.3 Å². The summed E-state index contributed by atoms with van der Waals surface area (Å²) >= 11 is 0.763. The van der Waals surface area contributed by atoms with Crippen molar-refractivity contribution < 1.29 is 22.0 Å². The van der Waals surface area contributed by atoms with Crippen LogP contribution in [-0.2, 0) is 6.18 Å². The van der Waals surface area contributed by atoms with E-state index in [1.807, 2.05) is 0 Å². The molecule has 0 spiro atoms. The number of rotatable bonds is 3. The van der Waals surface area contributed by atoms with Gasteiger partial charge >= 0.3 is 6.18 Å². The van der Waals surface area contributed by atoms with Crippen LogP contribution < -0.4 is 0 Å². The highest BCUT2D eigenvalue weighted by Gasteiger charge is 2.35. The second-order valence-corrected chi connectivity index (χ2v) is 9.28. The Morgan fingerprint density at radius 1 is 0.862 bits per heavy atom. The molecule has 0 aliphatic heterocycles. The number of fused-ring (bicyclic) bond motifs is 3. The van der Waals surface area contributed by atoms with Crippen LogP contribution in [0.4, 0.5) is 22.0 Å². The van der Waals surface area contributed by atoms with Gasteiger partial charge in [0.05, 0.1) is 15.0 Å². The van der Waals surface area contributed by atoms with Crippen molar-refractivity contribution in [2.24, 2.45) is 11.8 Å². The third kappa shape index (κ3) is 3.35. The molecule has 2 aliphatic carbocycles. The zero-order chi connectivity index (χ0) is 20.3. The van der Waals surface area contributed by atoms with Gasteiger partial charge in [-0.2, -0.15) is 13.2 Å². The smallest absolute Gasteiger partial charge is 0.205 e. The summed E-state index contributed by atoms with van der Waals surface area (Å²) in [5.74, 6) is -0.240. The second kappa shape index (κ2) is 6.79. The molecule has 3 aromatic rings. The Hall–Kier alpha value is -1.95. The minimum atomic E-state index is -4.78. The first-order valence-electron chi connectivity index (χ1n) is 9.92. The van der Waals surface area contributed by atoms with E-state index in [4.69, 9.17) is 0 Å². The highest BCUT2D eigenvalue weighted by atomic mass is 32.1. The molecule has 1 atom stereocenters. The van der Waals surface area contributed by atoms with Crippen LogP contribution >= 0.6 is 11.3 Å². The lowest BCUT2D eigenvalue weighted by atomic mass is 9.83. The highest BCUT2D eigenvalue weighted by Crippen LogP contribution is 2.45. The third-order valence-corrected chi connectivity index (χ3v) is 7.43. The van der Waals surface area contributed by atoms with Crippen molar-refractivity contribution in [3.8, 4) is 0 Å². The summed E-state index contributed by atoms with van der Waals surface area (Å²) in [6, 6.07) is 5.36. The van der Waals surface area contributed by atoms with Crippen molar-refractivity contribution >= 4 is 37.1 Å². The average Bonchev–Trinajstić information content (AvgIpc) is 3.40. The lowest BCUT2D eigenvalue weighted by Crippen LogP contribution is -2.07. The Kier molecular flexibility index (Phi) is 4.46.